The van der Waals surface area contributed by atoms with Gasteiger partial charge in [0.05, 0.1) is 5.58 Å². The van der Waals surface area contributed by atoms with Crippen molar-refractivity contribution in [2.75, 3.05) is 0 Å². The molecule has 0 N–H and O–H groups in total. The van der Waals surface area contributed by atoms with Crippen LogP contribution in [0.2, 0.25) is 17.3 Å². The second kappa shape index (κ2) is 16.3. The van der Waals surface area contributed by atoms with Gasteiger partial charge in [-0.05, 0) is 60.6 Å². The molecular formula is C47H57GeIrN3O-2. The Morgan fingerprint density at radius 3 is 2.23 bits per heavy atom. The Hall–Kier alpha value is -3.12. The fraction of sp³-hybridized carbons (Fsp3) is 0.426. The molecule has 1 saturated carbocycles. The van der Waals surface area contributed by atoms with Crippen LogP contribution in [0, 0.1) is 30.9 Å². The van der Waals surface area contributed by atoms with Crippen LogP contribution in [0.3, 0.4) is 0 Å². The van der Waals surface area contributed by atoms with E-state index in [1.807, 2.05) is 37.4 Å². The Bertz CT molecular complexity index is 2180. The van der Waals surface area contributed by atoms with Crippen molar-refractivity contribution in [1.82, 2.24) is 15.0 Å². The van der Waals surface area contributed by atoms with Crippen LogP contribution >= 0.6 is 0 Å². The summed E-state index contributed by atoms with van der Waals surface area (Å²) >= 11 is -1.91. The number of pyridine rings is 3. The number of aromatic nitrogens is 3. The van der Waals surface area contributed by atoms with Gasteiger partial charge < -0.3 is 9.40 Å². The van der Waals surface area contributed by atoms with E-state index in [4.69, 9.17) is 9.40 Å². The first-order valence-electron chi connectivity index (χ1n) is 19.2. The molecule has 1 aliphatic rings. The van der Waals surface area contributed by atoms with E-state index in [1.165, 1.54) is 42.4 Å². The number of furan rings is 1. The van der Waals surface area contributed by atoms with Gasteiger partial charge in [-0.15, -0.1) is 18.2 Å². The van der Waals surface area contributed by atoms with Crippen LogP contribution in [0.15, 0.2) is 77.5 Å². The fourth-order valence-corrected chi connectivity index (χ4v) is 11.1. The summed E-state index contributed by atoms with van der Waals surface area (Å²) in [5.74, 6) is 8.75. The van der Waals surface area contributed by atoms with Crippen molar-refractivity contribution in [3.05, 3.63) is 108 Å². The van der Waals surface area contributed by atoms with Gasteiger partial charge >= 0.3 is 151 Å². The zero-order valence-electron chi connectivity index (χ0n) is 33.7. The van der Waals surface area contributed by atoms with Crippen LogP contribution in [-0.4, -0.2) is 28.2 Å². The molecule has 0 atom stereocenters. The summed E-state index contributed by atoms with van der Waals surface area (Å²) in [5, 5.41) is 2.11. The minimum atomic E-state index is -1.91. The molecule has 0 bridgehead atoms. The van der Waals surface area contributed by atoms with Crippen molar-refractivity contribution < 1.29 is 24.5 Å². The minimum absolute atomic E-state index is 0. The van der Waals surface area contributed by atoms with Crippen LogP contribution in [0.1, 0.15) is 96.5 Å². The van der Waals surface area contributed by atoms with Gasteiger partial charge in [-0.25, -0.2) is 4.98 Å². The molecule has 0 amide bonds. The molecule has 4 nitrogen and oxygen atoms in total. The van der Waals surface area contributed by atoms with Crippen molar-refractivity contribution in [2.45, 2.75) is 116 Å². The average Bonchev–Trinajstić information content (AvgIpc) is 3.77. The molecule has 53 heavy (non-hydrogen) atoms. The molecule has 4 aromatic heterocycles. The molecule has 7 rings (SSSR count). The molecule has 0 spiro atoms. The van der Waals surface area contributed by atoms with E-state index in [0.717, 1.165) is 56.9 Å². The predicted molar refractivity (Wildman–Crippen MR) is 222 cm³/mol. The van der Waals surface area contributed by atoms with E-state index >= 15 is 0 Å². The van der Waals surface area contributed by atoms with Crippen LogP contribution in [0.5, 0.6) is 0 Å². The number of rotatable bonds is 7. The van der Waals surface area contributed by atoms with Gasteiger partial charge in [0.1, 0.15) is 0 Å². The summed E-state index contributed by atoms with van der Waals surface area (Å²) in [5.41, 5.74) is 10.9. The van der Waals surface area contributed by atoms with E-state index in [-0.39, 0.29) is 30.9 Å². The number of nitrogens with zero attached hydrogens (tertiary/aromatic N) is 3. The summed E-state index contributed by atoms with van der Waals surface area (Å²) in [7, 11) is 0. The Labute approximate surface area is 334 Å². The second-order valence-corrected chi connectivity index (χ2v) is 28.5. The van der Waals surface area contributed by atoms with Crippen molar-refractivity contribution in [2.24, 2.45) is 11.8 Å². The van der Waals surface area contributed by atoms with Crippen molar-refractivity contribution >= 4 is 39.7 Å². The summed E-state index contributed by atoms with van der Waals surface area (Å²) < 4.78 is 7.70. The van der Waals surface area contributed by atoms with E-state index in [1.54, 1.807) is 4.40 Å². The second-order valence-electron chi connectivity index (χ2n) is 18.0. The molecule has 281 valence electrons. The van der Waals surface area contributed by atoms with E-state index in [2.05, 4.69) is 130 Å². The number of benzene rings is 2. The fourth-order valence-electron chi connectivity index (χ4n) is 7.77. The maximum atomic E-state index is 6.16. The molecule has 6 aromatic rings. The zero-order chi connectivity index (χ0) is 37.4. The number of hydrogen-bond donors (Lipinski definition) is 0. The third-order valence-electron chi connectivity index (χ3n) is 10.9. The minimum Gasteiger partial charge on any atom is -0.486 e. The van der Waals surface area contributed by atoms with Gasteiger partial charge in [0, 0.05) is 37.4 Å². The maximum absolute atomic E-state index is 6.16. The van der Waals surface area contributed by atoms with Gasteiger partial charge in [0.2, 0.25) is 5.71 Å². The quantitative estimate of drug-likeness (QED) is 0.118. The van der Waals surface area contributed by atoms with Crippen molar-refractivity contribution in [1.29, 1.82) is 0 Å². The topological polar surface area (TPSA) is 51.8 Å². The summed E-state index contributed by atoms with van der Waals surface area (Å²) in [6, 6.07) is 28.1. The number of hydrogen-bond acceptors (Lipinski definition) is 4. The zero-order valence-corrected chi connectivity index (χ0v) is 38.2. The average molecular weight is 945 g/mol. The molecule has 1 fully saturated rings. The Kier molecular flexibility index (Phi) is 12.6. The van der Waals surface area contributed by atoms with Crippen LogP contribution in [0.25, 0.3) is 44.6 Å². The molecular weight excluding hydrogens is 887 g/mol. The molecule has 4 heterocycles. The van der Waals surface area contributed by atoms with Crippen LogP contribution < -0.4 is 4.40 Å². The monoisotopic (exact) mass is 946 g/mol. The van der Waals surface area contributed by atoms with Crippen LogP contribution in [0.4, 0.5) is 0 Å². The first kappa shape index (κ1) is 41.1. The molecule has 0 saturated heterocycles. The molecule has 1 aliphatic carbocycles. The van der Waals surface area contributed by atoms with Crippen LogP contribution in [-0.2, 0) is 37.4 Å². The third-order valence-corrected chi connectivity index (χ3v) is 15.3. The first-order valence-corrected chi connectivity index (χ1v) is 26.6. The molecule has 1 radical (unpaired) electrons. The van der Waals surface area contributed by atoms with Gasteiger partial charge in [-0.1, -0.05) is 43.7 Å². The Morgan fingerprint density at radius 1 is 0.830 bits per heavy atom. The molecule has 6 heteroatoms. The third kappa shape index (κ3) is 9.23. The largest absolute Gasteiger partial charge is 0.486 e. The summed E-state index contributed by atoms with van der Waals surface area (Å²) in [4.78, 5) is 14.1. The molecule has 2 aromatic carbocycles. The summed E-state index contributed by atoms with van der Waals surface area (Å²) in [6.45, 7) is 18.1. The number of fused-ring (bicyclic) bond motifs is 3. The first-order chi connectivity index (χ1) is 24.5. The number of aryl methyl sites for hydroxylation is 1. The van der Waals surface area contributed by atoms with Gasteiger partial charge in [0.25, 0.3) is 0 Å². The molecule has 0 aliphatic heterocycles. The normalized spacial score (nSPS) is 14.0. The maximum Gasteiger partial charge on any atom is 0.216 e. The molecule has 0 unspecified atom stereocenters. The van der Waals surface area contributed by atoms with E-state index < -0.39 is 13.3 Å². The standard InChI is InChI=1S/C25H25N2O.C22H32GeN.Ir/c1-16-11-12-20-19-9-6-10-21(23(19)28-24(20)27-16)22-15-18(13-14-26-22)25(2,3)17-7-4-5-8-17;1-16(2)12-18-14-21(24-15-20(18)23(6,7)8)17-10-9-11-19(13-17)22(3,4)5;/h6,9,11-15,17H,4-5,7-8H2,1-3H3;9,11,13-16H,12H2,1-8H3;/q2*-1;. The van der Waals surface area contributed by atoms with E-state index in [0.29, 0.717) is 11.6 Å². The predicted octanol–water partition coefficient (Wildman–Crippen LogP) is 12.2. The Balaban J connectivity index is 0.000000203. The summed E-state index contributed by atoms with van der Waals surface area (Å²) in [6.07, 6.45) is 10.6. The SMILES string of the molecule is CC(C)Cc1cc(-c2[c-]ccc(C(C)(C)C)c2)nc[c]1[Ge]([CH3])([CH3])[CH3].Cc1ccc2c(n1)oc1c(-c3cc(C(C)(C)C4CCCC4)ccn3)[c-]ccc12.[Ir]. The van der Waals surface area contributed by atoms with Gasteiger partial charge in [0.15, 0.2) is 0 Å². The van der Waals surface area contributed by atoms with Crippen molar-refractivity contribution in [3.63, 3.8) is 0 Å². The Morgan fingerprint density at radius 2 is 1.55 bits per heavy atom. The van der Waals surface area contributed by atoms with E-state index in [9.17, 15) is 0 Å². The smallest absolute Gasteiger partial charge is 0.216 e. The van der Waals surface area contributed by atoms with Gasteiger partial charge in [-0.3, -0.25) is 0 Å². The van der Waals surface area contributed by atoms with Crippen molar-refractivity contribution in [3.8, 4) is 22.5 Å². The van der Waals surface area contributed by atoms with Gasteiger partial charge in [-0.2, -0.15) is 0 Å².